The number of pyridine rings is 1. The first-order valence-corrected chi connectivity index (χ1v) is 5.20. The van der Waals surface area contributed by atoms with Crippen molar-refractivity contribution in [2.45, 2.75) is 5.88 Å². The van der Waals surface area contributed by atoms with Crippen molar-refractivity contribution in [3.63, 3.8) is 0 Å². The van der Waals surface area contributed by atoms with Crippen LogP contribution in [0.3, 0.4) is 0 Å². The van der Waals surface area contributed by atoms with Gasteiger partial charge in [0.15, 0.2) is 0 Å². The first kappa shape index (κ1) is 11.0. The first-order chi connectivity index (χ1) is 7.70. The molecule has 0 amide bonds. The lowest BCUT2D eigenvalue weighted by molar-refractivity contribution is 0.573. The molecule has 0 radical (unpaired) electrons. The molecule has 0 bridgehead atoms. The van der Waals surface area contributed by atoms with Gasteiger partial charge in [0, 0.05) is 17.3 Å². The largest absolute Gasteiger partial charge is 0.227 e. The zero-order valence-corrected chi connectivity index (χ0v) is 9.01. The summed E-state index contributed by atoms with van der Waals surface area (Å²) in [5.41, 5.74) is 1.83. The average molecular weight is 240 g/mol. The van der Waals surface area contributed by atoms with Crippen LogP contribution in [0.25, 0.3) is 11.1 Å². The van der Waals surface area contributed by atoms with Gasteiger partial charge in [-0.05, 0) is 23.8 Å². The molecule has 0 N–H and O–H groups in total. The van der Waals surface area contributed by atoms with Gasteiger partial charge in [0.25, 0.3) is 0 Å². The summed E-state index contributed by atoms with van der Waals surface area (Å²) in [7, 11) is 0. The van der Waals surface area contributed by atoms with Crippen molar-refractivity contribution in [1.82, 2.24) is 4.98 Å². The van der Waals surface area contributed by atoms with E-state index in [1.54, 1.807) is 18.2 Å². The van der Waals surface area contributed by atoms with Crippen molar-refractivity contribution in [3.8, 4) is 11.1 Å². The van der Waals surface area contributed by atoms with E-state index in [9.17, 15) is 8.78 Å². The summed E-state index contributed by atoms with van der Waals surface area (Å²) >= 11 is 5.58. The highest BCUT2D eigenvalue weighted by Gasteiger charge is 2.05. The third-order valence-corrected chi connectivity index (χ3v) is 2.52. The second kappa shape index (κ2) is 4.58. The minimum absolute atomic E-state index is 0.0634. The van der Waals surface area contributed by atoms with Gasteiger partial charge in [0.2, 0.25) is 5.95 Å². The van der Waals surface area contributed by atoms with E-state index in [4.69, 9.17) is 11.6 Å². The van der Waals surface area contributed by atoms with Crippen LogP contribution in [0.2, 0.25) is 0 Å². The molecule has 1 nitrogen and oxygen atoms in total. The second-order valence-electron chi connectivity index (χ2n) is 3.31. The molecule has 1 aromatic carbocycles. The molecule has 16 heavy (non-hydrogen) atoms. The Morgan fingerprint density at radius 3 is 2.38 bits per heavy atom. The van der Waals surface area contributed by atoms with E-state index in [-0.39, 0.29) is 11.7 Å². The van der Waals surface area contributed by atoms with Crippen LogP contribution in [0.4, 0.5) is 8.78 Å². The standard InChI is InChI=1S/C12H8ClF2N/c13-6-9-5-10(7-16-12(9)15)8-1-3-11(14)4-2-8/h1-5,7H,6H2. The van der Waals surface area contributed by atoms with Crippen LogP contribution in [0, 0.1) is 11.8 Å². The lowest BCUT2D eigenvalue weighted by Gasteiger charge is -2.03. The molecule has 0 saturated carbocycles. The topological polar surface area (TPSA) is 12.9 Å². The normalized spacial score (nSPS) is 10.4. The zero-order valence-electron chi connectivity index (χ0n) is 8.25. The number of nitrogens with zero attached hydrogens (tertiary/aromatic N) is 1. The summed E-state index contributed by atoms with van der Waals surface area (Å²) in [5.74, 6) is -0.814. The van der Waals surface area contributed by atoms with Gasteiger partial charge in [-0.3, -0.25) is 0 Å². The molecule has 1 aromatic heterocycles. The zero-order chi connectivity index (χ0) is 11.5. The monoisotopic (exact) mass is 239 g/mol. The van der Waals surface area contributed by atoms with E-state index in [2.05, 4.69) is 4.98 Å². The predicted molar refractivity (Wildman–Crippen MR) is 59.1 cm³/mol. The molecule has 0 fully saturated rings. The summed E-state index contributed by atoms with van der Waals surface area (Å²) in [6.07, 6.45) is 1.40. The fourth-order valence-electron chi connectivity index (χ4n) is 1.39. The van der Waals surface area contributed by atoms with Gasteiger partial charge in [-0.25, -0.2) is 9.37 Å². The highest BCUT2D eigenvalue weighted by Crippen LogP contribution is 2.21. The van der Waals surface area contributed by atoms with Gasteiger partial charge in [-0.15, -0.1) is 11.6 Å². The predicted octanol–water partition coefficient (Wildman–Crippen LogP) is 3.77. The van der Waals surface area contributed by atoms with Crippen molar-refractivity contribution in [2.75, 3.05) is 0 Å². The fourth-order valence-corrected chi connectivity index (χ4v) is 1.57. The van der Waals surface area contributed by atoms with E-state index in [1.165, 1.54) is 18.3 Å². The maximum Gasteiger partial charge on any atom is 0.217 e. The van der Waals surface area contributed by atoms with E-state index >= 15 is 0 Å². The number of benzene rings is 1. The van der Waals surface area contributed by atoms with Crippen LogP contribution in [0.15, 0.2) is 36.5 Å². The molecule has 0 atom stereocenters. The highest BCUT2D eigenvalue weighted by molar-refractivity contribution is 6.17. The molecule has 0 unspecified atom stereocenters. The van der Waals surface area contributed by atoms with Crippen LogP contribution in [0.5, 0.6) is 0 Å². The Balaban J connectivity index is 2.44. The highest BCUT2D eigenvalue weighted by atomic mass is 35.5. The van der Waals surface area contributed by atoms with Crippen LogP contribution < -0.4 is 0 Å². The molecular formula is C12H8ClF2N. The number of rotatable bonds is 2. The van der Waals surface area contributed by atoms with Gasteiger partial charge in [-0.2, -0.15) is 4.39 Å². The molecule has 2 aromatic rings. The Kier molecular flexibility index (Phi) is 3.15. The van der Waals surface area contributed by atoms with Crippen LogP contribution in [0.1, 0.15) is 5.56 Å². The summed E-state index contributed by atoms with van der Waals surface area (Å²) in [6, 6.07) is 7.53. The fraction of sp³-hybridized carbons (Fsp3) is 0.0833. The van der Waals surface area contributed by atoms with Gasteiger partial charge in [0.05, 0.1) is 5.88 Å². The summed E-state index contributed by atoms with van der Waals surface area (Å²) < 4.78 is 25.8. The number of hydrogen-bond donors (Lipinski definition) is 0. The smallest absolute Gasteiger partial charge is 0.217 e. The third-order valence-electron chi connectivity index (χ3n) is 2.23. The summed E-state index contributed by atoms with van der Waals surface area (Å²) in [4.78, 5) is 3.60. The second-order valence-corrected chi connectivity index (χ2v) is 3.58. The molecule has 0 spiro atoms. The number of alkyl halides is 1. The van der Waals surface area contributed by atoms with Gasteiger partial charge in [-0.1, -0.05) is 12.1 Å². The van der Waals surface area contributed by atoms with Gasteiger partial charge < -0.3 is 0 Å². The van der Waals surface area contributed by atoms with Crippen molar-refractivity contribution >= 4 is 11.6 Å². The molecule has 2 rings (SSSR count). The molecule has 0 aliphatic heterocycles. The lowest BCUT2D eigenvalue weighted by Crippen LogP contribution is -1.92. The summed E-state index contributed by atoms with van der Waals surface area (Å²) in [5, 5.41) is 0. The van der Waals surface area contributed by atoms with Crippen LogP contribution >= 0.6 is 11.6 Å². The quantitative estimate of drug-likeness (QED) is 0.574. The molecule has 0 aliphatic carbocycles. The Hall–Kier alpha value is -1.48. The van der Waals surface area contributed by atoms with E-state index in [0.29, 0.717) is 5.56 Å². The van der Waals surface area contributed by atoms with Crippen molar-refractivity contribution < 1.29 is 8.78 Å². The number of hydrogen-bond acceptors (Lipinski definition) is 1. The van der Waals surface area contributed by atoms with E-state index in [1.807, 2.05) is 0 Å². The third kappa shape index (κ3) is 2.19. The summed E-state index contributed by atoms with van der Waals surface area (Å²) in [6.45, 7) is 0. The maximum atomic E-state index is 13.1. The van der Waals surface area contributed by atoms with E-state index < -0.39 is 5.95 Å². The SMILES string of the molecule is Fc1ccc(-c2cnc(F)c(CCl)c2)cc1. The number of halogens is 3. The molecule has 0 saturated heterocycles. The molecule has 0 aliphatic rings. The minimum atomic E-state index is -0.569. The van der Waals surface area contributed by atoms with Crippen LogP contribution in [-0.2, 0) is 5.88 Å². The molecule has 82 valence electrons. The Bertz CT molecular complexity index is 497. The lowest BCUT2D eigenvalue weighted by atomic mass is 10.1. The maximum absolute atomic E-state index is 13.1. The van der Waals surface area contributed by atoms with Crippen molar-refractivity contribution in [1.29, 1.82) is 0 Å². The molecule has 1 heterocycles. The van der Waals surface area contributed by atoms with Crippen molar-refractivity contribution in [2.24, 2.45) is 0 Å². The van der Waals surface area contributed by atoms with E-state index in [0.717, 1.165) is 11.1 Å². The first-order valence-electron chi connectivity index (χ1n) is 4.67. The molecule has 4 heteroatoms. The minimum Gasteiger partial charge on any atom is -0.227 e. The Morgan fingerprint density at radius 2 is 1.75 bits per heavy atom. The van der Waals surface area contributed by atoms with Gasteiger partial charge >= 0.3 is 0 Å². The average Bonchev–Trinajstić information content (AvgIpc) is 2.31. The molecular weight excluding hydrogens is 232 g/mol. The Morgan fingerprint density at radius 1 is 1.06 bits per heavy atom. The Labute approximate surface area is 96.7 Å². The van der Waals surface area contributed by atoms with Crippen molar-refractivity contribution in [3.05, 3.63) is 53.9 Å². The van der Waals surface area contributed by atoms with Crippen LogP contribution in [-0.4, -0.2) is 4.98 Å². The van der Waals surface area contributed by atoms with Gasteiger partial charge in [0.1, 0.15) is 5.82 Å². The number of aromatic nitrogens is 1.